The normalized spacial score (nSPS) is 21.7. The minimum Gasteiger partial charge on any atom is -0.380 e. The number of carbonyl (C=O) groups excluding carboxylic acids is 1. The van der Waals surface area contributed by atoms with E-state index in [2.05, 4.69) is 19.1 Å². The quantitative estimate of drug-likeness (QED) is 0.737. The molecule has 0 spiro atoms. The third kappa shape index (κ3) is 2.45. The van der Waals surface area contributed by atoms with Gasteiger partial charge in [-0.25, -0.2) is 0 Å². The minimum absolute atomic E-state index is 0.0693. The van der Waals surface area contributed by atoms with Crippen LogP contribution >= 0.6 is 0 Å². The maximum absolute atomic E-state index is 11.6. The zero-order valence-corrected chi connectivity index (χ0v) is 9.03. The fourth-order valence-corrected chi connectivity index (χ4v) is 1.97. The molecule has 0 aliphatic carbocycles. The van der Waals surface area contributed by atoms with E-state index in [9.17, 15) is 4.79 Å². The van der Waals surface area contributed by atoms with Gasteiger partial charge in [-0.15, -0.1) is 0 Å². The second-order valence-corrected chi connectivity index (χ2v) is 4.12. The van der Waals surface area contributed by atoms with Crippen LogP contribution in [0.4, 0.5) is 0 Å². The van der Waals surface area contributed by atoms with E-state index in [1.54, 1.807) is 0 Å². The SMILES string of the molecule is Cc1ccccc1C[C@H]1COCCC1=O. The monoisotopic (exact) mass is 204 g/mol. The largest absolute Gasteiger partial charge is 0.380 e. The van der Waals surface area contributed by atoms with Gasteiger partial charge in [-0.3, -0.25) is 4.79 Å². The molecule has 1 aliphatic heterocycles. The van der Waals surface area contributed by atoms with Crippen LogP contribution in [0.5, 0.6) is 0 Å². The van der Waals surface area contributed by atoms with Crippen molar-refractivity contribution >= 4 is 5.78 Å². The van der Waals surface area contributed by atoms with Crippen molar-refractivity contribution in [3.05, 3.63) is 35.4 Å². The van der Waals surface area contributed by atoms with Crippen LogP contribution in [0.25, 0.3) is 0 Å². The van der Waals surface area contributed by atoms with Crippen LogP contribution in [0.2, 0.25) is 0 Å². The van der Waals surface area contributed by atoms with Crippen molar-refractivity contribution in [1.82, 2.24) is 0 Å². The molecular weight excluding hydrogens is 188 g/mol. The van der Waals surface area contributed by atoms with Crippen molar-refractivity contribution in [1.29, 1.82) is 0 Å². The average Bonchev–Trinajstić information content (AvgIpc) is 2.24. The molecule has 0 aromatic heterocycles. The number of benzene rings is 1. The summed E-state index contributed by atoms with van der Waals surface area (Å²) in [5.41, 5.74) is 2.53. The molecule has 0 saturated carbocycles. The Hall–Kier alpha value is -1.15. The number of ether oxygens (including phenoxy) is 1. The van der Waals surface area contributed by atoms with Gasteiger partial charge in [0.15, 0.2) is 0 Å². The third-order valence-corrected chi connectivity index (χ3v) is 2.99. The zero-order valence-electron chi connectivity index (χ0n) is 9.03. The maximum Gasteiger partial charge on any atom is 0.140 e. The molecule has 1 aromatic carbocycles. The molecule has 2 rings (SSSR count). The summed E-state index contributed by atoms with van der Waals surface area (Å²) in [5, 5.41) is 0. The van der Waals surface area contributed by atoms with Crippen LogP contribution in [-0.2, 0) is 16.0 Å². The van der Waals surface area contributed by atoms with E-state index in [4.69, 9.17) is 4.74 Å². The standard InChI is InChI=1S/C13H16O2/c1-10-4-2-3-5-11(10)8-12-9-15-7-6-13(12)14/h2-5,12H,6-9H2,1H3/t12-/m0/s1. The molecule has 1 heterocycles. The summed E-state index contributed by atoms with van der Waals surface area (Å²) < 4.78 is 5.34. The highest BCUT2D eigenvalue weighted by atomic mass is 16.5. The number of carbonyl (C=O) groups is 1. The summed E-state index contributed by atoms with van der Waals surface area (Å²) in [6.45, 7) is 3.28. The van der Waals surface area contributed by atoms with Gasteiger partial charge in [-0.05, 0) is 24.5 Å². The van der Waals surface area contributed by atoms with E-state index in [0.29, 0.717) is 25.4 Å². The van der Waals surface area contributed by atoms with E-state index in [0.717, 1.165) is 6.42 Å². The molecule has 0 unspecified atom stereocenters. The van der Waals surface area contributed by atoms with Crippen molar-refractivity contribution in [3.63, 3.8) is 0 Å². The number of hydrogen-bond donors (Lipinski definition) is 0. The van der Waals surface area contributed by atoms with E-state index < -0.39 is 0 Å². The first kappa shape index (κ1) is 10.4. The lowest BCUT2D eigenvalue weighted by Crippen LogP contribution is -2.29. The van der Waals surface area contributed by atoms with Gasteiger partial charge in [0.2, 0.25) is 0 Å². The number of ketones is 1. The molecule has 1 atom stereocenters. The molecule has 80 valence electrons. The van der Waals surface area contributed by atoms with Gasteiger partial charge in [0.25, 0.3) is 0 Å². The van der Waals surface area contributed by atoms with Gasteiger partial charge in [0, 0.05) is 12.3 Å². The number of Topliss-reactive ketones (excluding diaryl/α,β-unsaturated/α-hetero) is 1. The molecule has 0 radical (unpaired) electrons. The van der Waals surface area contributed by atoms with Crippen LogP contribution in [0.3, 0.4) is 0 Å². The van der Waals surface area contributed by atoms with Crippen LogP contribution in [0.1, 0.15) is 17.5 Å². The lowest BCUT2D eigenvalue weighted by molar-refractivity contribution is -0.130. The Morgan fingerprint density at radius 1 is 1.40 bits per heavy atom. The summed E-state index contributed by atoms with van der Waals surface area (Å²) >= 11 is 0. The van der Waals surface area contributed by atoms with Crippen LogP contribution in [0.15, 0.2) is 24.3 Å². The zero-order chi connectivity index (χ0) is 10.7. The minimum atomic E-state index is 0.0693. The molecule has 1 aromatic rings. The van der Waals surface area contributed by atoms with Gasteiger partial charge < -0.3 is 4.74 Å². The summed E-state index contributed by atoms with van der Waals surface area (Å²) in [7, 11) is 0. The Bertz CT molecular complexity index is 357. The lowest BCUT2D eigenvalue weighted by Gasteiger charge is -2.21. The van der Waals surface area contributed by atoms with Gasteiger partial charge in [0.1, 0.15) is 5.78 Å². The molecule has 0 N–H and O–H groups in total. The highest BCUT2D eigenvalue weighted by Crippen LogP contribution is 2.18. The van der Waals surface area contributed by atoms with Crippen molar-refractivity contribution in [2.45, 2.75) is 19.8 Å². The van der Waals surface area contributed by atoms with Crippen LogP contribution in [-0.4, -0.2) is 19.0 Å². The average molecular weight is 204 g/mol. The third-order valence-electron chi connectivity index (χ3n) is 2.99. The molecule has 0 amide bonds. The Morgan fingerprint density at radius 2 is 2.20 bits per heavy atom. The molecular formula is C13H16O2. The summed E-state index contributed by atoms with van der Waals surface area (Å²) in [4.78, 5) is 11.6. The summed E-state index contributed by atoms with van der Waals surface area (Å²) in [6.07, 6.45) is 1.40. The van der Waals surface area contributed by atoms with Crippen molar-refractivity contribution in [2.24, 2.45) is 5.92 Å². The summed E-state index contributed by atoms with van der Waals surface area (Å²) in [6, 6.07) is 8.23. The Labute approximate surface area is 90.3 Å². The first-order valence-corrected chi connectivity index (χ1v) is 5.42. The second-order valence-electron chi connectivity index (χ2n) is 4.12. The molecule has 1 saturated heterocycles. The van der Waals surface area contributed by atoms with Gasteiger partial charge in [-0.2, -0.15) is 0 Å². The molecule has 0 bridgehead atoms. The Kier molecular flexibility index (Phi) is 3.17. The van der Waals surface area contributed by atoms with Crippen molar-refractivity contribution < 1.29 is 9.53 Å². The fourth-order valence-electron chi connectivity index (χ4n) is 1.97. The number of hydrogen-bond acceptors (Lipinski definition) is 2. The summed E-state index contributed by atoms with van der Waals surface area (Å²) in [5.74, 6) is 0.421. The molecule has 1 aliphatic rings. The fraction of sp³-hybridized carbons (Fsp3) is 0.462. The second kappa shape index (κ2) is 4.58. The molecule has 1 fully saturated rings. The predicted molar refractivity (Wildman–Crippen MR) is 58.8 cm³/mol. The number of rotatable bonds is 2. The Morgan fingerprint density at radius 3 is 2.93 bits per heavy atom. The highest BCUT2D eigenvalue weighted by molar-refractivity contribution is 5.82. The highest BCUT2D eigenvalue weighted by Gasteiger charge is 2.23. The van der Waals surface area contributed by atoms with Gasteiger partial charge in [0.05, 0.1) is 13.2 Å². The topological polar surface area (TPSA) is 26.3 Å². The van der Waals surface area contributed by atoms with Crippen molar-refractivity contribution in [2.75, 3.05) is 13.2 Å². The smallest absolute Gasteiger partial charge is 0.140 e. The van der Waals surface area contributed by atoms with E-state index in [-0.39, 0.29) is 5.92 Å². The Balaban J connectivity index is 2.08. The van der Waals surface area contributed by atoms with E-state index >= 15 is 0 Å². The first-order valence-electron chi connectivity index (χ1n) is 5.42. The molecule has 15 heavy (non-hydrogen) atoms. The lowest BCUT2D eigenvalue weighted by atomic mass is 9.91. The van der Waals surface area contributed by atoms with Crippen LogP contribution < -0.4 is 0 Å². The first-order chi connectivity index (χ1) is 7.27. The van der Waals surface area contributed by atoms with Crippen LogP contribution in [0, 0.1) is 12.8 Å². The van der Waals surface area contributed by atoms with Gasteiger partial charge >= 0.3 is 0 Å². The molecule has 2 heteroatoms. The maximum atomic E-state index is 11.6. The molecule has 2 nitrogen and oxygen atoms in total. The van der Waals surface area contributed by atoms with E-state index in [1.165, 1.54) is 11.1 Å². The van der Waals surface area contributed by atoms with Gasteiger partial charge in [-0.1, -0.05) is 24.3 Å². The predicted octanol–water partition coefficient (Wildman–Crippen LogP) is 2.14. The van der Waals surface area contributed by atoms with Crippen molar-refractivity contribution in [3.8, 4) is 0 Å². The number of aryl methyl sites for hydroxylation is 1. The van der Waals surface area contributed by atoms with E-state index in [1.807, 2.05) is 12.1 Å².